The third-order valence-corrected chi connectivity index (χ3v) is 2.52. The second-order valence-corrected chi connectivity index (χ2v) is 4.02. The van der Waals surface area contributed by atoms with Crippen LogP contribution in [0.1, 0.15) is 5.56 Å². The van der Waals surface area contributed by atoms with Gasteiger partial charge in [-0.3, -0.25) is 0 Å². The van der Waals surface area contributed by atoms with Crippen LogP contribution in [-0.4, -0.2) is 11.1 Å². The molecule has 0 aliphatic rings. The molecular formula is C17H14O3. The molecule has 100 valence electrons. The smallest absolute Gasteiger partial charge is 0.371 e. The van der Waals surface area contributed by atoms with Crippen molar-refractivity contribution in [3.63, 3.8) is 0 Å². The zero-order valence-electron chi connectivity index (χ0n) is 10.8. The van der Waals surface area contributed by atoms with Gasteiger partial charge in [0.25, 0.3) is 0 Å². The number of hydrogen-bond acceptors (Lipinski definition) is 2. The number of para-hydroxylation sites is 1. The number of ether oxygens (including phenoxy) is 1. The van der Waals surface area contributed by atoms with Gasteiger partial charge in [0.15, 0.2) is 0 Å². The minimum Gasteiger partial charge on any atom is -0.475 e. The van der Waals surface area contributed by atoms with E-state index in [-0.39, 0.29) is 5.76 Å². The zero-order chi connectivity index (χ0) is 14.2. The van der Waals surface area contributed by atoms with Crippen molar-refractivity contribution < 1.29 is 14.6 Å². The summed E-state index contributed by atoms with van der Waals surface area (Å²) in [7, 11) is 0. The highest BCUT2D eigenvalue weighted by atomic mass is 16.5. The van der Waals surface area contributed by atoms with Crippen LogP contribution in [0.4, 0.5) is 0 Å². The second-order valence-electron chi connectivity index (χ2n) is 4.02. The van der Waals surface area contributed by atoms with Crippen LogP contribution in [0, 0.1) is 0 Å². The van der Waals surface area contributed by atoms with Gasteiger partial charge in [-0.25, -0.2) is 4.79 Å². The third kappa shape index (κ3) is 4.14. The van der Waals surface area contributed by atoms with Crippen molar-refractivity contribution in [1.29, 1.82) is 0 Å². The van der Waals surface area contributed by atoms with Crippen molar-refractivity contribution in [3.05, 3.63) is 84.1 Å². The molecule has 1 N–H and O–H groups in total. The van der Waals surface area contributed by atoms with E-state index in [4.69, 9.17) is 9.84 Å². The molecule has 0 aromatic heterocycles. The third-order valence-electron chi connectivity index (χ3n) is 2.52. The van der Waals surface area contributed by atoms with Gasteiger partial charge in [0.2, 0.25) is 5.76 Å². The Labute approximate surface area is 117 Å². The number of rotatable bonds is 5. The fourth-order valence-electron chi connectivity index (χ4n) is 1.58. The monoisotopic (exact) mass is 266 g/mol. The normalized spacial score (nSPS) is 11.5. The molecule has 0 saturated carbocycles. The lowest BCUT2D eigenvalue weighted by molar-refractivity contribution is -0.135. The lowest BCUT2D eigenvalue weighted by Crippen LogP contribution is -2.07. The van der Waals surface area contributed by atoms with Crippen molar-refractivity contribution in [2.75, 3.05) is 0 Å². The van der Waals surface area contributed by atoms with Crippen molar-refractivity contribution in [3.8, 4) is 5.75 Å². The first kappa shape index (κ1) is 13.6. The van der Waals surface area contributed by atoms with E-state index in [0.29, 0.717) is 5.75 Å². The first-order chi connectivity index (χ1) is 9.75. The summed E-state index contributed by atoms with van der Waals surface area (Å²) in [5, 5.41) is 9.10. The fraction of sp³-hybridized carbons (Fsp3) is 0. The van der Waals surface area contributed by atoms with Crippen LogP contribution in [0.15, 0.2) is 78.6 Å². The number of benzene rings is 2. The van der Waals surface area contributed by atoms with Gasteiger partial charge in [-0.15, -0.1) is 0 Å². The molecule has 0 fully saturated rings. The highest BCUT2D eigenvalue weighted by molar-refractivity contribution is 5.85. The maximum absolute atomic E-state index is 11.1. The Morgan fingerprint density at radius 1 is 0.950 bits per heavy atom. The highest BCUT2D eigenvalue weighted by Gasteiger charge is 2.08. The van der Waals surface area contributed by atoms with Crippen LogP contribution in [0.25, 0.3) is 6.08 Å². The van der Waals surface area contributed by atoms with Crippen molar-refractivity contribution >= 4 is 12.0 Å². The lowest BCUT2D eigenvalue weighted by Gasteiger charge is -2.04. The predicted octanol–water partition coefficient (Wildman–Crippen LogP) is 3.75. The van der Waals surface area contributed by atoms with Crippen LogP contribution in [0.5, 0.6) is 5.75 Å². The van der Waals surface area contributed by atoms with E-state index in [1.807, 2.05) is 42.5 Å². The van der Waals surface area contributed by atoms with Crippen LogP contribution in [0.2, 0.25) is 0 Å². The minimum atomic E-state index is -1.11. The van der Waals surface area contributed by atoms with E-state index < -0.39 is 5.97 Å². The SMILES string of the molecule is O=C(O)/C(=C\C=C\c1ccccc1)Oc1ccccc1. The topological polar surface area (TPSA) is 46.5 Å². The molecule has 0 aliphatic heterocycles. The number of hydrogen-bond donors (Lipinski definition) is 1. The Kier molecular flexibility index (Phi) is 4.73. The Morgan fingerprint density at radius 3 is 2.15 bits per heavy atom. The van der Waals surface area contributed by atoms with Crippen molar-refractivity contribution in [2.24, 2.45) is 0 Å². The van der Waals surface area contributed by atoms with E-state index in [0.717, 1.165) is 5.56 Å². The summed E-state index contributed by atoms with van der Waals surface area (Å²) in [5.74, 6) is -0.732. The number of allylic oxidation sites excluding steroid dienone is 2. The molecule has 0 saturated heterocycles. The largest absolute Gasteiger partial charge is 0.475 e. The summed E-state index contributed by atoms with van der Waals surface area (Å²) in [6, 6.07) is 18.5. The first-order valence-corrected chi connectivity index (χ1v) is 6.15. The molecule has 0 amide bonds. The second kappa shape index (κ2) is 6.95. The lowest BCUT2D eigenvalue weighted by atomic mass is 10.2. The molecule has 0 radical (unpaired) electrons. The Balaban J connectivity index is 2.11. The van der Waals surface area contributed by atoms with Crippen molar-refractivity contribution in [2.45, 2.75) is 0 Å². The molecule has 0 aliphatic carbocycles. The first-order valence-electron chi connectivity index (χ1n) is 6.15. The summed E-state index contributed by atoms with van der Waals surface area (Å²) in [5.41, 5.74) is 0.994. The molecular weight excluding hydrogens is 252 g/mol. The standard InChI is InChI=1S/C17H14O3/c18-17(19)16(20-15-11-5-2-6-12-15)13-7-10-14-8-3-1-4-9-14/h1-13H,(H,18,19)/b10-7+,16-13+. The van der Waals surface area contributed by atoms with Crippen LogP contribution in [0.3, 0.4) is 0 Å². The minimum absolute atomic E-state index is 0.122. The maximum atomic E-state index is 11.1. The van der Waals surface area contributed by atoms with Gasteiger partial charge in [-0.05, 0) is 23.8 Å². The summed E-state index contributed by atoms with van der Waals surface area (Å²) < 4.78 is 5.32. The number of carboxylic acids is 1. The van der Waals surface area contributed by atoms with Crippen LogP contribution < -0.4 is 4.74 Å². The molecule has 0 spiro atoms. The number of carboxylic acid groups (broad SMARTS) is 1. The zero-order valence-corrected chi connectivity index (χ0v) is 10.8. The molecule has 2 aromatic carbocycles. The molecule has 2 rings (SSSR count). The molecule has 3 nitrogen and oxygen atoms in total. The van der Waals surface area contributed by atoms with Gasteiger partial charge in [-0.2, -0.15) is 0 Å². The van der Waals surface area contributed by atoms with E-state index in [2.05, 4.69) is 0 Å². The van der Waals surface area contributed by atoms with E-state index >= 15 is 0 Å². The van der Waals surface area contributed by atoms with Gasteiger partial charge in [0.05, 0.1) is 0 Å². The quantitative estimate of drug-likeness (QED) is 0.509. The maximum Gasteiger partial charge on any atom is 0.371 e. The van der Waals surface area contributed by atoms with Crippen LogP contribution >= 0.6 is 0 Å². The van der Waals surface area contributed by atoms with Crippen molar-refractivity contribution in [1.82, 2.24) is 0 Å². The van der Waals surface area contributed by atoms with Gasteiger partial charge < -0.3 is 9.84 Å². The highest BCUT2D eigenvalue weighted by Crippen LogP contribution is 2.13. The molecule has 0 bridgehead atoms. The Hall–Kier alpha value is -2.81. The molecule has 20 heavy (non-hydrogen) atoms. The summed E-state index contributed by atoms with van der Waals surface area (Å²) in [6.07, 6.45) is 4.90. The van der Waals surface area contributed by atoms with Gasteiger partial charge in [-0.1, -0.05) is 60.7 Å². The van der Waals surface area contributed by atoms with E-state index in [1.54, 1.807) is 30.3 Å². The fourth-order valence-corrected chi connectivity index (χ4v) is 1.58. The number of aliphatic carboxylic acids is 1. The number of carbonyl (C=O) groups is 1. The van der Waals surface area contributed by atoms with E-state index in [1.165, 1.54) is 6.08 Å². The summed E-state index contributed by atoms with van der Waals surface area (Å²) in [4.78, 5) is 11.1. The van der Waals surface area contributed by atoms with Crippen LogP contribution in [-0.2, 0) is 4.79 Å². The predicted molar refractivity (Wildman–Crippen MR) is 78.3 cm³/mol. The Morgan fingerprint density at radius 2 is 1.55 bits per heavy atom. The average Bonchev–Trinajstić information content (AvgIpc) is 2.48. The van der Waals surface area contributed by atoms with Gasteiger partial charge in [0, 0.05) is 0 Å². The molecule has 2 aromatic rings. The van der Waals surface area contributed by atoms with E-state index in [9.17, 15) is 4.79 Å². The Bertz CT molecular complexity index is 613. The molecule has 0 heterocycles. The van der Waals surface area contributed by atoms with Gasteiger partial charge >= 0.3 is 5.97 Å². The molecule has 0 atom stereocenters. The molecule has 0 unspecified atom stereocenters. The summed E-state index contributed by atoms with van der Waals surface area (Å²) in [6.45, 7) is 0. The summed E-state index contributed by atoms with van der Waals surface area (Å²) >= 11 is 0. The average molecular weight is 266 g/mol. The van der Waals surface area contributed by atoms with Gasteiger partial charge in [0.1, 0.15) is 5.75 Å². The molecule has 3 heteroatoms.